The maximum absolute atomic E-state index is 13.2. The number of alkyl halides is 1. The molecular formula is C14H17Br2F. The van der Waals surface area contributed by atoms with E-state index >= 15 is 0 Å². The summed E-state index contributed by atoms with van der Waals surface area (Å²) in [4.78, 5) is 0.590. The average molecular weight is 364 g/mol. The molecule has 0 N–H and O–H groups in total. The Morgan fingerprint density at radius 2 is 1.94 bits per heavy atom. The van der Waals surface area contributed by atoms with Gasteiger partial charge in [-0.2, -0.15) is 0 Å². The highest BCUT2D eigenvalue weighted by Crippen LogP contribution is 2.33. The Hall–Kier alpha value is 0.110. The third-order valence-corrected chi connectivity index (χ3v) is 5.21. The second kappa shape index (κ2) is 6.33. The number of rotatable bonds is 4. The molecule has 94 valence electrons. The quantitative estimate of drug-likeness (QED) is 0.622. The Morgan fingerprint density at radius 1 is 1.24 bits per heavy atom. The van der Waals surface area contributed by atoms with Crippen molar-refractivity contribution in [1.82, 2.24) is 0 Å². The lowest BCUT2D eigenvalue weighted by molar-refractivity contribution is 0.505. The molecule has 1 saturated carbocycles. The Labute approximate surface area is 119 Å². The molecule has 0 amide bonds. The van der Waals surface area contributed by atoms with Gasteiger partial charge in [-0.1, -0.05) is 44.7 Å². The fourth-order valence-corrected chi connectivity index (χ4v) is 3.88. The van der Waals surface area contributed by atoms with Gasteiger partial charge in [0.15, 0.2) is 0 Å². The molecule has 1 unspecified atom stereocenters. The first-order valence-corrected chi connectivity index (χ1v) is 7.95. The standard InChI is InChI=1S/C14H17Br2F/c15-12-7-10(8-13(17)9-12)5-6-14(16)11-3-1-2-4-11/h7-9,11,14H,1-6H2. The van der Waals surface area contributed by atoms with Gasteiger partial charge in [0.25, 0.3) is 0 Å². The van der Waals surface area contributed by atoms with Crippen molar-refractivity contribution >= 4 is 31.9 Å². The Bertz CT molecular complexity index is 352. The molecule has 0 saturated heterocycles. The van der Waals surface area contributed by atoms with Crippen LogP contribution in [0.15, 0.2) is 22.7 Å². The van der Waals surface area contributed by atoms with Gasteiger partial charge in [0.2, 0.25) is 0 Å². The van der Waals surface area contributed by atoms with E-state index in [2.05, 4.69) is 31.9 Å². The molecule has 1 fully saturated rings. The van der Waals surface area contributed by atoms with E-state index < -0.39 is 0 Å². The number of benzene rings is 1. The van der Waals surface area contributed by atoms with Crippen molar-refractivity contribution in [3.63, 3.8) is 0 Å². The van der Waals surface area contributed by atoms with Crippen molar-refractivity contribution in [2.24, 2.45) is 5.92 Å². The van der Waals surface area contributed by atoms with Gasteiger partial charge in [0.1, 0.15) is 5.82 Å². The fourth-order valence-electron chi connectivity index (χ4n) is 2.61. The molecule has 0 nitrogen and oxygen atoms in total. The van der Waals surface area contributed by atoms with Gasteiger partial charge >= 0.3 is 0 Å². The molecule has 0 aliphatic heterocycles. The zero-order valence-electron chi connectivity index (χ0n) is 9.76. The second-order valence-electron chi connectivity index (χ2n) is 4.88. The van der Waals surface area contributed by atoms with E-state index in [4.69, 9.17) is 0 Å². The molecule has 0 bridgehead atoms. The van der Waals surface area contributed by atoms with Crippen LogP contribution in [0.3, 0.4) is 0 Å². The average Bonchev–Trinajstić information content (AvgIpc) is 2.78. The monoisotopic (exact) mass is 362 g/mol. The first kappa shape index (κ1) is 13.5. The van der Waals surface area contributed by atoms with Crippen molar-refractivity contribution < 1.29 is 4.39 Å². The molecule has 0 aromatic heterocycles. The Morgan fingerprint density at radius 3 is 2.59 bits per heavy atom. The summed E-state index contributed by atoms with van der Waals surface area (Å²) >= 11 is 7.13. The summed E-state index contributed by atoms with van der Waals surface area (Å²) in [6, 6.07) is 5.16. The van der Waals surface area contributed by atoms with E-state index in [1.54, 1.807) is 6.07 Å². The minimum Gasteiger partial charge on any atom is -0.207 e. The van der Waals surface area contributed by atoms with Crippen LogP contribution in [0.25, 0.3) is 0 Å². The smallest absolute Gasteiger partial charge is 0.124 e. The zero-order chi connectivity index (χ0) is 12.3. The van der Waals surface area contributed by atoms with Crippen LogP contribution in [-0.4, -0.2) is 4.83 Å². The van der Waals surface area contributed by atoms with Crippen molar-refractivity contribution in [2.75, 3.05) is 0 Å². The molecule has 1 aliphatic carbocycles. The van der Waals surface area contributed by atoms with Crippen molar-refractivity contribution in [3.8, 4) is 0 Å². The summed E-state index contributed by atoms with van der Waals surface area (Å²) < 4.78 is 14.0. The van der Waals surface area contributed by atoms with E-state index in [-0.39, 0.29) is 5.82 Å². The molecular weight excluding hydrogens is 347 g/mol. The topological polar surface area (TPSA) is 0 Å². The van der Waals surface area contributed by atoms with E-state index in [9.17, 15) is 4.39 Å². The first-order chi connectivity index (χ1) is 8.15. The highest BCUT2D eigenvalue weighted by Gasteiger charge is 2.22. The van der Waals surface area contributed by atoms with Gasteiger partial charge in [-0.05, 0) is 55.4 Å². The van der Waals surface area contributed by atoms with Crippen LogP contribution < -0.4 is 0 Å². The summed E-state index contributed by atoms with van der Waals surface area (Å²) in [5, 5.41) is 0. The molecule has 1 atom stereocenters. The number of hydrogen-bond donors (Lipinski definition) is 0. The highest BCUT2D eigenvalue weighted by atomic mass is 79.9. The predicted molar refractivity (Wildman–Crippen MR) is 77.1 cm³/mol. The summed E-state index contributed by atoms with van der Waals surface area (Å²) in [6.45, 7) is 0. The van der Waals surface area contributed by atoms with Gasteiger partial charge in [0, 0.05) is 9.30 Å². The molecule has 1 aromatic rings. The fraction of sp³-hybridized carbons (Fsp3) is 0.571. The van der Waals surface area contributed by atoms with E-state index in [1.165, 1.54) is 31.7 Å². The molecule has 2 rings (SSSR count). The highest BCUT2D eigenvalue weighted by molar-refractivity contribution is 9.10. The Balaban J connectivity index is 1.88. The third-order valence-electron chi connectivity index (χ3n) is 3.54. The normalized spacial score (nSPS) is 18.5. The van der Waals surface area contributed by atoms with Crippen molar-refractivity contribution in [1.29, 1.82) is 0 Å². The van der Waals surface area contributed by atoms with E-state index in [1.807, 2.05) is 6.07 Å². The predicted octanol–water partition coefficient (Wildman–Crippen LogP) is 5.47. The molecule has 17 heavy (non-hydrogen) atoms. The minimum absolute atomic E-state index is 0.152. The number of aryl methyl sites for hydroxylation is 1. The van der Waals surface area contributed by atoms with Crippen LogP contribution in [0.4, 0.5) is 4.39 Å². The summed E-state index contributed by atoms with van der Waals surface area (Å²) in [7, 11) is 0. The molecule has 1 aliphatic rings. The molecule has 0 radical (unpaired) electrons. The molecule has 3 heteroatoms. The minimum atomic E-state index is -0.152. The SMILES string of the molecule is Fc1cc(Br)cc(CCC(Br)C2CCCC2)c1. The van der Waals surface area contributed by atoms with Gasteiger partial charge in [-0.25, -0.2) is 4.39 Å². The number of hydrogen-bond acceptors (Lipinski definition) is 0. The van der Waals surface area contributed by atoms with E-state index in [0.29, 0.717) is 4.83 Å². The summed E-state index contributed by atoms with van der Waals surface area (Å²) in [5.41, 5.74) is 1.08. The van der Waals surface area contributed by atoms with Crippen LogP contribution in [0.1, 0.15) is 37.7 Å². The lowest BCUT2D eigenvalue weighted by atomic mass is 9.98. The molecule has 1 aromatic carbocycles. The van der Waals surface area contributed by atoms with Gasteiger partial charge < -0.3 is 0 Å². The summed E-state index contributed by atoms with van der Waals surface area (Å²) in [6.07, 6.45) is 7.49. The van der Waals surface area contributed by atoms with Gasteiger partial charge in [0.05, 0.1) is 0 Å². The lowest BCUT2D eigenvalue weighted by Gasteiger charge is -2.16. The lowest BCUT2D eigenvalue weighted by Crippen LogP contribution is -2.11. The molecule has 0 heterocycles. The van der Waals surface area contributed by atoms with Crippen LogP contribution >= 0.6 is 31.9 Å². The Kier molecular flexibility index (Phi) is 5.04. The zero-order valence-corrected chi connectivity index (χ0v) is 12.9. The first-order valence-electron chi connectivity index (χ1n) is 6.24. The maximum Gasteiger partial charge on any atom is 0.124 e. The largest absolute Gasteiger partial charge is 0.207 e. The number of halogens is 3. The van der Waals surface area contributed by atoms with Crippen LogP contribution in [0.2, 0.25) is 0 Å². The van der Waals surface area contributed by atoms with Crippen LogP contribution in [-0.2, 0) is 6.42 Å². The van der Waals surface area contributed by atoms with Gasteiger partial charge in [-0.15, -0.1) is 0 Å². The van der Waals surface area contributed by atoms with Crippen LogP contribution in [0.5, 0.6) is 0 Å². The summed E-state index contributed by atoms with van der Waals surface area (Å²) in [5.74, 6) is 0.674. The maximum atomic E-state index is 13.2. The van der Waals surface area contributed by atoms with Crippen LogP contribution in [0, 0.1) is 11.7 Å². The van der Waals surface area contributed by atoms with Crippen molar-refractivity contribution in [3.05, 3.63) is 34.1 Å². The van der Waals surface area contributed by atoms with Crippen molar-refractivity contribution in [2.45, 2.75) is 43.4 Å². The van der Waals surface area contributed by atoms with Gasteiger partial charge in [-0.3, -0.25) is 0 Å². The third kappa shape index (κ3) is 4.06. The second-order valence-corrected chi connectivity index (χ2v) is 6.97. The van der Waals surface area contributed by atoms with E-state index in [0.717, 1.165) is 28.8 Å². The molecule has 0 spiro atoms.